The van der Waals surface area contributed by atoms with E-state index >= 15 is 0 Å². The van der Waals surface area contributed by atoms with Gasteiger partial charge >= 0.3 is 0 Å². The van der Waals surface area contributed by atoms with E-state index < -0.39 is 0 Å². The summed E-state index contributed by atoms with van der Waals surface area (Å²) in [5.41, 5.74) is 7.94. The molecular formula is C24H28N4. The molecule has 1 saturated heterocycles. The molecule has 0 radical (unpaired) electrons. The number of hydrogen-bond acceptors (Lipinski definition) is 3. The van der Waals surface area contributed by atoms with E-state index in [1.165, 1.54) is 47.2 Å². The Balaban J connectivity index is 1.31. The van der Waals surface area contributed by atoms with Crippen LogP contribution in [0.4, 0.5) is 0 Å². The summed E-state index contributed by atoms with van der Waals surface area (Å²) in [7, 11) is 2.09. The van der Waals surface area contributed by atoms with Crippen LogP contribution in [0.25, 0.3) is 11.3 Å². The van der Waals surface area contributed by atoms with Crippen molar-refractivity contribution in [2.45, 2.75) is 44.6 Å². The Morgan fingerprint density at radius 2 is 1.93 bits per heavy atom. The quantitative estimate of drug-likeness (QED) is 0.653. The molecule has 0 N–H and O–H groups in total. The monoisotopic (exact) mass is 372 g/mol. The molecule has 5 rings (SSSR count). The molecule has 1 unspecified atom stereocenters. The molecule has 1 aliphatic carbocycles. The molecule has 2 aliphatic rings. The van der Waals surface area contributed by atoms with Crippen molar-refractivity contribution < 1.29 is 0 Å². The molecule has 1 aromatic carbocycles. The summed E-state index contributed by atoms with van der Waals surface area (Å²) in [6.45, 7) is 5.47. The van der Waals surface area contributed by atoms with Gasteiger partial charge in [-0.1, -0.05) is 24.3 Å². The number of pyridine rings is 1. The van der Waals surface area contributed by atoms with E-state index in [2.05, 4.69) is 76.2 Å². The minimum absolute atomic E-state index is 0.590. The summed E-state index contributed by atoms with van der Waals surface area (Å²) in [5.74, 6) is 1.34. The van der Waals surface area contributed by atoms with Gasteiger partial charge in [0.25, 0.3) is 0 Å². The second-order valence-corrected chi connectivity index (χ2v) is 8.46. The average Bonchev–Trinajstić information content (AvgIpc) is 3.32. The van der Waals surface area contributed by atoms with E-state index in [0.717, 1.165) is 31.2 Å². The Hall–Kier alpha value is -2.46. The van der Waals surface area contributed by atoms with E-state index in [-0.39, 0.29) is 0 Å². The molecular weight excluding hydrogens is 344 g/mol. The Morgan fingerprint density at radius 3 is 2.75 bits per heavy atom. The highest BCUT2D eigenvalue weighted by Crippen LogP contribution is 2.42. The largest absolute Gasteiger partial charge is 0.298 e. The van der Waals surface area contributed by atoms with Gasteiger partial charge < -0.3 is 0 Å². The highest BCUT2D eigenvalue weighted by molar-refractivity contribution is 5.63. The first-order valence-corrected chi connectivity index (χ1v) is 10.4. The molecule has 1 atom stereocenters. The van der Waals surface area contributed by atoms with Gasteiger partial charge in [0.2, 0.25) is 0 Å². The van der Waals surface area contributed by atoms with Gasteiger partial charge in [0.05, 0.1) is 11.9 Å². The summed E-state index contributed by atoms with van der Waals surface area (Å²) < 4.78 is 2.10. The lowest BCUT2D eigenvalue weighted by atomic mass is 9.96. The minimum Gasteiger partial charge on any atom is -0.298 e. The van der Waals surface area contributed by atoms with Crippen LogP contribution in [0.3, 0.4) is 0 Å². The standard InChI is InChI=1S/C24H28N4/c1-17-5-3-4-6-22(17)23-13-19(9-11-25-23)20-10-12-28(15-20)16-21-14-26-27(2)24(21)18-7-8-18/h3-6,9,11,13-14,18,20H,7-8,10,12,15-16H2,1-2H3. The maximum absolute atomic E-state index is 4.64. The number of nitrogens with zero attached hydrogens (tertiary/aromatic N) is 4. The maximum Gasteiger partial charge on any atom is 0.0707 e. The predicted octanol–water partition coefficient (Wildman–Crippen LogP) is 4.66. The zero-order valence-electron chi connectivity index (χ0n) is 16.8. The van der Waals surface area contributed by atoms with Gasteiger partial charge in [-0.05, 0) is 61.9 Å². The van der Waals surface area contributed by atoms with Crippen molar-refractivity contribution in [3.05, 3.63) is 71.2 Å². The first-order valence-electron chi connectivity index (χ1n) is 10.4. The Bertz CT molecular complexity index is 986. The number of likely N-dealkylation sites (tertiary alicyclic amines) is 1. The molecule has 4 heteroatoms. The molecule has 28 heavy (non-hydrogen) atoms. The van der Waals surface area contributed by atoms with Crippen LogP contribution >= 0.6 is 0 Å². The van der Waals surface area contributed by atoms with E-state index in [4.69, 9.17) is 0 Å². The topological polar surface area (TPSA) is 34.0 Å². The van der Waals surface area contributed by atoms with Crippen LogP contribution in [0.15, 0.2) is 48.8 Å². The smallest absolute Gasteiger partial charge is 0.0707 e. The third kappa shape index (κ3) is 3.37. The second-order valence-electron chi connectivity index (χ2n) is 8.46. The van der Waals surface area contributed by atoms with Crippen LogP contribution in [0, 0.1) is 6.92 Å². The molecule has 3 aromatic rings. The van der Waals surface area contributed by atoms with Gasteiger partial charge in [-0.25, -0.2) is 0 Å². The summed E-state index contributed by atoms with van der Waals surface area (Å²) in [4.78, 5) is 7.24. The first-order chi connectivity index (χ1) is 13.7. The van der Waals surface area contributed by atoms with Crippen molar-refractivity contribution in [2.24, 2.45) is 7.05 Å². The van der Waals surface area contributed by atoms with Gasteiger partial charge in [-0.2, -0.15) is 5.10 Å². The third-order valence-corrected chi connectivity index (χ3v) is 6.37. The fraction of sp³-hybridized carbons (Fsp3) is 0.417. The fourth-order valence-electron chi connectivity index (χ4n) is 4.70. The molecule has 1 saturated carbocycles. The molecule has 0 amide bonds. The number of rotatable bonds is 5. The van der Waals surface area contributed by atoms with Crippen LogP contribution < -0.4 is 0 Å². The van der Waals surface area contributed by atoms with Gasteiger partial charge in [0.15, 0.2) is 0 Å². The van der Waals surface area contributed by atoms with Gasteiger partial charge in [0, 0.05) is 49.1 Å². The second kappa shape index (κ2) is 7.17. The molecule has 2 aromatic heterocycles. The van der Waals surface area contributed by atoms with Gasteiger partial charge in [-0.15, -0.1) is 0 Å². The lowest BCUT2D eigenvalue weighted by Crippen LogP contribution is -2.20. The third-order valence-electron chi connectivity index (χ3n) is 6.37. The molecule has 0 bridgehead atoms. The highest BCUT2D eigenvalue weighted by Gasteiger charge is 2.31. The van der Waals surface area contributed by atoms with Crippen molar-refractivity contribution in [3.63, 3.8) is 0 Å². The van der Waals surface area contributed by atoms with Crippen LogP contribution in [0.1, 0.15) is 53.5 Å². The molecule has 144 valence electrons. The zero-order valence-corrected chi connectivity index (χ0v) is 16.8. The van der Waals surface area contributed by atoms with Crippen LogP contribution in [-0.4, -0.2) is 32.8 Å². The summed E-state index contributed by atoms with van der Waals surface area (Å²) in [6.07, 6.45) is 7.94. The summed E-state index contributed by atoms with van der Waals surface area (Å²) >= 11 is 0. The summed E-state index contributed by atoms with van der Waals surface area (Å²) in [5, 5.41) is 4.53. The number of aromatic nitrogens is 3. The van der Waals surface area contributed by atoms with Crippen molar-refractivity contribution in [1.29, 1.82) is 0 Å². The van der Waals surface area contributed by atoms with Crippen LogP contribution in [-0.2, 0) is 13.6 Å². The Kier molecular flexibility index (Phi) is 4.52. The Labute approximate surface area is 167 Å². The maximum atomic E-state index is 4.64. The van der Waals surface area contributed by atoms with Crippen molar-refractivity contribution in [2.75, 3.05) is 13.1 Å². The van der Waals surface area contributed by atoms with Crippen molar-refractivity contribution >= 4 is 0 Å². The van der Waals surface area contributed by atoms with E-state index in [9.17, 15) is 0 Å². The average molecular weight is 373 g/mol. The molecule has 4 nitrogen and oxygen atoms in total. The van der Waals surface area contributed by atoms with E-state index in [0.29, 0.717) is 5.92 Å². The zero-order chi connectivity index (χ0) is 19.1. The Morgan fingerprint density at radius 1 is 1.07 bits per heavy atom. The van der Waals surface area contributed by atoms with Crippen LogP contribution in [0.2, 0.25) is 0 Å². The van der Waals surface area contributed by atoms with E-state index in [1.54, 1.807) is 0 Å². The van der Waals surface area contributed by atoms with Crippen LogP contribution in [0.5, 0.6) is 0 Å². The molecule has 2 fully saturated rings. The first kappa shape index (κ1) is 17.6. The lowest BCUT2D eigenvalue weighted by Gasteiger charge is -2.17. The van der Waals surface area contributed by atoms with Gasteiger partial charge in [0.1, 0.15) is 0 Å². The predicted molar refractivity (Wildman–Crippen MR) is 112 cm³/mol. The van der Waals surface area contributed by atoms with Gasteiger partial charge in [-0.3, -0.25) is 14.6 Å². The SMILES string of the molecule is Cc1ccccc1-c1cc(C2CCN(Cc3cnn(C)c3C3CC3)C2)ccn1. The lowest BCUT2D eigenvalue weighted by molar-refractivity contribution is 0.325. The van der Waals surface area contributed by atoms with E-state index in [1.807, 2.05) is 6.20 Å². The minimum atomic E-state index is 0.590. The fourth-order valence-corrected chi connectivity index (χ4v) is 4.70. The normalized spacial score (nSPS) is 20.0. The van der Waals surface area contributed by atoms with Crippen molar-refractivity contribution in [3.8, 4) is 11.3 Å². The molecule has 3 heterocycles. The highest BCUT2D eigenvalue weighted by atomic mass is 15.3. The molecule has 0 spiro atoms. The number of aryl methyl sites for hydroxylation is 2. The number of hydrogen-bond donors (Lipinski definition) is 0. The summed E-state index contributed by atoms with van der Waals surface area (Å²) in [6, 6.07) is 13.0. The van der Waals surface area contributed by atoms with Crippen molar-refractivity contribution in [1.82, 2.24) is 19.7 Å². The number of benzene rings is 1. The molecule has 1 aliphatic heterocycles.